The van der Waals surface area contributed by atoms with Crippen LogP contribution < -0.4 is 9.47 Å². The first-order valence-corrected chi connectivity index (χ1v) is 13.2. The molecule has 0 unspecified atom stereocenters. The zero-order valence-electron chi connectivity index (χ0n) is 21.0. The number of fused-ring (bicyclic) bond motifs is 1. The highest BCUT2D eigenvalue weighted by atomic mass is 19.1. The van der Waals surface area contributed by atoms with Crippen LogP contribution in [0.5, 0.6) is 17.2 Å². The number of pyridine rings is 1. The SMILES string of the molecule is [C-]#[N+]c1cc2c(Oc3ccc(CC(=O)CC4CC4)c(F)c3)ccnc2cc1OCCCN1CCCCC1. The predicted molar refractivity (Wildman–Crippen MR) is 141 cm³/mol. The summed E-state index contributed by atoms with van der Waals surface area (Å²) in [5, 5.41) is 0.651. The molecule has 6 nitrogen and oxygen atoms in total. The fraction of sp³-hybridized carbons (Fsp3) is 0.433. The molecule has 1 aliphatic carbocycles. The molecular formula is C30H32FN3O3. The van der Waals surface area contributed by atoms with Crippen LogP contribution >= 0.6 is 0 Å². The van der Waals surface area contributed by atoms with Crippen molar-refractivity contribution < 1.29 is 18.7 Å². The number of aromatic nitrogens is 1. The number of halogens is 1. The van der Waals surface area contributed by atoms with Crippen molar-refractivity contribution in [1.29, 1.82) is 0 Å². The Kier molecular flexibility index (Phi) is 7.96. The van der Waals surface area contributed by atoms with Crippen molar-refractivity contribution >= 4 is 22.4 Å². The van der Waals surface area contributed by atoms with E-state index in [-0.39, 0.29) is 12.2 Å². The molecule has 7 heteroatoms. The van der Waals surface area contributed by atoms with E-state index in [1.54, 1.807) is 36.5 Å². The summed E-state index contributed by atoms with van der Waals surface area (Å²) in [6.45, 7) is 11.5. The van der Waals surface area contributed by atoms with Gasteiger partial charge in [-0.2, -0.15) is 0 Å². The maximum Gasteiger partial charge on any atom is 0.229 e. The topological polar surface area (TPSA) is 56.0 Å². The Morgan fingerprint density at radius 2 is 1.95 bits per heavy atom. The first kappa shape index (κ1) is 25.2. The molecule has 2 aromatic carbocycles. The number of Topliss-reactive ketones (excluding diaryl/α,β-unsaturated/α-hetero) is 1. The number of hydrogen-bond donors (Lipinski definition) is 0. The Balaban J connectivity index is 1.26. The summed E-state index contributed by atoms with van der Waals surface area (Å²) < 4.78 is 26.7. The Hall–Kier alpha value is -3.50. The van der Waals surface area contributed by atoms with Gasteiger partial charge in [-0.25, -0.2) is 9.24 Å². The van der Waals surface area contributed by atoms with E-state index in [0.29, 0.717) is 58.3 Å². The van der Waals surface area contributed by atoms with Crippen molar-refractivity contribution in [3.8, 4) is 17.2 Å². The van der Waals surface area contributed by atoms with E-state index in [0.717, 1.165) is 38.9 Å². The monoisotopic (exact) mass is 501 g/mol. The highest BCUT2D eigenvalue weighted by Gasteiger charge is 2.24. The highest BCUT2D eigenvalue weighted by molar-refractivity contribution is 5.91. The lowest BCUT2D eigenvalue weighted by Gasteiger charge is -2.26. The van der Waals surface area contributed by atoms with E-state index in [9.17, 15) is 9.18 Å². The van der Waals surface area contributed by atoms with Crippen LogP contribution in [0.3, 0.4) is 0 Å². The Labute approximate surface area is 217 Å². The minimum absolute atomic E-state index is 0.0754. The molecule has 37 heavy (non-hydrogen) atoms. The number of carbonyl (C=O) groups is 1. The smallest absolute Gasteiger partial charge is 0.229 e. The van der Waals surface area contributed by atoms with Gasteiger partial charge in [-0.05, 0) is 80.9 Å². The predicted octanol–water partition coefficient (Wildman–Crippen LogP) is 6.88. The van der Waals surface area contributed by atoms with Gasteiger partial charge >= 0.3 is 0 Å². The molecule has 2 aliphatic rings. The average molecular weight is 502 g/mol. The van der Waals surface area contributed by atoms with Crippen LogP contribution in [0.2, 0.25) is 0 Å². The number of ether oxygens (including phenoxy) is 2. The molecule has 1 saturated heterocycles. The maximum atomic E-state index is 14.7. The van der Waals surface area contributed by atoms with Crippen molar-refractivity contribution in [2.75, 3.05) is 26.2 Å². The van der Waals surface area contributed by atoms with Crippen molar-refractivity contribution in [2.24, 2.45) is 5.92 Å². The van der Waals surface area contributed by atoms with Gasteiger partial charge in [0, 0.05) is 37.0 Å². The van der Waals surface area contributed by atoms with Gasteiger partial charge < -0.3 is 14.4 Å². The summed E-state index contributed by atoms with van der Waals surface area (Å²) in [4.78, 5) is 22.7. The third-order valence-corrected chi connectivity index (χ3v) is 7.08. The summed E-state index contributed by atoms with van der Waals surface area (Å²) in [5.41, 5.74) is 1.41. The van der Waals surface area contributed by atoms with Gasteiger partial charge in [0.2, 0.25) is 5.69 Å². The zero-order chi connectivity index (χ0) is 25.6. The summed E-state index contributed by atoms with van der Waals surface area (Å²) >= 11 is 0. The molecular weight excluding hydrogens is 469 g/mol. The number of benzene rings is 2. The molecule has 2 heterocycles. The molecule has 0 atom stereocenters. The number of piperidine rings is 1. The second-order valence-corrected chi connectivity index (χ2v) is 10.1. The number of likely N-dealkylation sites (tertiary alicyclic amines) is 1. The maximum absolute atomic E-state index is 14.7. The molecule has 0 amide bonds. The quantitative estimate of drug-likeness (QED) is 0.212. The first-order valence-electron chi connectivity index (χ1n) is 13.2. The molecule has 192 valence electrons. The third kappa shape index (κ3) is 6.64. The van der Waals surface area contributed by atoms with Gasteiger partial charge in [0.1, 0.15) is 28.8 Å². The van der Waals surface area contributed by atoms with Crippen LogP contribution in [0, 0.1) is 18.3 Å². The van der Waals surface area contributed by atoms with Gasteiger partial charge in [-0.1, -0.05) is 12.5 Å². The lowest BCUT2D eigenvalue weighted by atomic mass is 10.0. The highest BCUT2D eigenvalue weighted by Crippen LogP contribution is 2.38. The number of ketones is 1. The van der Waals surface area contributed by atoms with E-state index >= 15 is 0 Å². The van der Waals surface area contributed by atoms with Gasteiger partial charge in [0.05, 0.1) is 18.7 Å². The Bertz CT molecular complexity index is 1310. The van der Waals surface area contributed by atoms with Crippen molar-refractivity contribution in [2.45, 2.75) is 51.4 Å². The van der Waals surface area contributed by atoms with Crippen LogP contribution in [0.1, 0.15) is 50.5 Å². The molecule has 3 aromatic rings. The van der Waals surface area contributed by atoms with Crippen molar-refractivity contribution in [3.63, 3.8) is 0 Å². The zero-order valence-corrected chi connectivity index (χ0v) is 21.0. The minimum atomic E-state index is -0.456. The lowest BCUT2D eigenvalue weighted by molar-refractivity contribution is -0.118. The van der Waals surface area contributed by atoms with E-state index in [1.165, 1.54) is 25.3 Å². The van der Waals surface area contributed by atoms with Gasteiger partial charge in [-0.3, -0.25) is 9.78 Å². The number of carbonyl (C=O) groups excluding carboxylic acids is 1. The van der Waals surface area contributed by atoms with Gasteiger partial charge in [0.15, 0.2) is 0 Å². The van der Waals surface area contributed by atoms with E-state index in [4.69, 9.17) is 16.0 Å². The van der Waals surface area contributed by atoms with Crippen LogP contribution in [0.4, 0.5) is 10.1 Å². The Morgan fingerprint density at radius 3 is 2.70 bits per heavy atom. The van der Waals surface area contributed by atoms with Crippen molar-refractivity contribution in [3.05, 3.63) is 65.4 Å². The summed E-state index contributed by atoms with van der Waals surface area (Å²) in [7, 11) is 0. The molecule has 1 aromatic heterocycles. The minimum Gasteiger partial charge on any atom is -0.504 e. The van der Waals surface area contributed by atoms with E-state index in [2.05, 4.69) is 14.7 Å². The van der Waals surface area contributed by atoms with Crippen molar-refractivity contribution in [1.82, 2.24) is 9.88 Å². The molecule has 0 bridgehead atoms. The molecule has 2 fully saturated rings. The fourth-order valence-electron chi connectivity index (χ4n) is 4.87. The van der Waals surface area contributed by atoms with E-state index < -0.39 is 5.82 Å². The van der Waals surface area contributed by atoms with E-state index in [1.807, 2.05) is 0 Å². The molecule has 5 rings (SSSR count). The first-order chi connectivity index (χ1) is 18.1. The summed E-state index contributed by atoms with van der Waals surface area (Å²) in [6.07, 6.45) is 9.21. The molecule has 0 spiro atoms. The van der Waals surface area contributed by atoms with Crippen LogP contribution in [-0.4, -0.2) is 41.9 Å². The second-order valence-electron chi connectivity index (χ2n) is 10.1. The number of rotatable bonds is 11. The normalized spacial score (nSPS) is 15.9. The third-order valence-electron chi connectivity index (χ3n) is 7.08. The largest absolute Gasteiger partial charge is 0.504 e. The average Bonchev–Trinajstić information content (AvgIpc) is 3.72. The molecule has 1 aliphatic heterocycles. The number of hydrogen-bond acceptors (Lipinski definition) is 5. The van der Waals surface area contributed by atoms with Crippen LogP contribution in [-0.2, 0) is 11.2 Å². The van der Waals surface area contributed by atoms with Crippen LogP contribution in [0.15, 0.2) is 42.6 Å². The van der Waals surface area contributed by atoms with Gasteiger partial charge in [0.25, 0.3) is 0 Å². The summed E-state index contributed by atoms with van der Waals surface area (Å²) in [5.74, 6) is 1.42. The van der Waals surface area contributed by atoms with Gasteiger partial charge in [-0.15, -0.1) is 0 Å². The second kappa shape index (κ2) is 11.7. The fourth-order valence-corrected chi connectivity index (χ4v) is 4.87. The lowest BCUT2D eigenvalue weighted by Crippen LogP contribution is -2.31. The molecule has 0 radical (unpaired) electrons. The molecule has 0 N–H and O–H groups in total. The summed E-state index contributed by atoms with van der Waals surface area (Å²) in [6, 6.07) is 9.77. The molecule has 1 saturated carbocycles. The Morgan fingerprint density at radius 1 is 1.11 bits per heavy atom. The van der Waals surface area contributed by atoms with Crippen LogP contribution in [0.25, 0.3) is 15.7 Å². The standard InChI is InChI=1S/C30H32FN3O3/c1-32-28-19-25-27(20-30(28)36-15-5-14-34-12-3-2-4-13-34)33-11-10-29(25)37-24-9-8-22(26(31)18-24)17-23(35)16-21-6-7-21/h8-11,18-21H,2-7,12-17H2. The number of nitrogens with zero attached hydrogens (tertiary/aromatic N) is 3.